The van der Waals surface area contributed by atoms with E-state index >= 15 is 4.39 Å². The third-order valence-electron chi connectivity index (χ3n) is 4.50. The zero-order valence-electron chi connectivity index (χ0n) is 16.5. The highest BCUT2D eigenvalue weighted by Crippen LogP contribution is 2.34. The summed E-state index contributed by atoms with van der Waals surface area (Å²) in [7, 11) is 0. The van der Waals surface area contributed by atoms with Crippen LogP contribution in [0.15, 0.2) is 39.5 Å². The normalized spacial score (nSPS) is 17.8. The van der Waals surface area contributed by atoms with Gasteiger partial charge in [-0.1, -0.05) is 27.5 Å². The Balaban J connectivity index is 1.57. The molecule has 2 heterocycles. The molecule has 1 amide bonds. The number of carbonyl (C=O) groups is 1. The molecule has 2 N–H and O–H groups in total. The average Bonchev–Trinajstić information content (AvgIpc) is 3.31. The Morgan fingerprint density at radius 1 is 1.42 bits per heavy atom. The van der Waals surface area contributed by atoms with Crippen LogP contribution in [-0.4, -0.2) is 36.0 Å². The smallest absolute Gasteiger partial charge is 0.277 e. The fraction of sp³-hybridized carbons (Fsp3) is 0.300. The lowest BCUT2D eigenvalue weighted by molar-refractivity contribution is -0.147. The third kappa shape index (κ3) is 4.83. The van der Waals surface area contributed by atoms with Crippen molar-refractivity contribution < 1.29 is 27.9 Å². The first kappa shape index (κ1) is 22.0. The number of carbonyl (C=O) groups excluding carboxylic acids is 1. The van der Waals surface area contributed by atoms with Gasteiger partial charge in [0, 0.05) is 4.47 Å². The van der Waals surface area contributed by atoms with Crippen LogP contribution < -0.4 is 10.8 Å². The van der Waals surface area contributed by atoms with Gasteiger partial charge < -0.3 is 19.2 Å². The molecule has 31 heavy (non-hydrogen) atoms. The Labute approximate surface area is 190 Å². The highest BCUT2D eigenvalue weighted by molar-refractivity contribution is 9.10. The number of amides is 1. The number of aromatic nitrogens is 1. The van der Waals surface area contributed by atoms with Crippen LogP contribution in [0.5, 0.6) is 0 Å². The van der Waals surface area contributed by atoms with Crippen molar-refractivity contribution in [2.45, 2.75) is 25.7 Å². The van der Waals surface area contributed by atoms with Gasteiger partial charge in [0.2, 0.25) is 0 Å². The van der Waals surface area contributed by atoms with Crippen LogP contribution in [0.3, 0.4) is 0 Å². The Morgan fingerprint density at radius 2 is 2.23 bits per heavy atom. The van der Waals surface area contributed by atoms with Crippen LogP contribution >= 0.6 is 27.5 Å². The van der Waals surface area contributed by atoms with Crippen LogP contribution in [0, 0.1) is 5.82 Å². The lowest BCUT2D eigenvalue weighted by Crippen LogP contribution is -2.31. The lowest BCUT2D eigenvalue weighted by atomic mass is 10.1. The summed E-state index contributed by atoms with van der Waals surface area (Å²) < 4.78 is 32.2. The van der Waals surface area contributed by atoms with Gasteiger partial charge in [0.1, 0.15) is 18.2 Å². The molecule has 1 aliphatic heterocycles. The van der Waals surface area contributed by atoms with Gasteiger partial charge in [-0.2, -0.15) is 0 Å². The Morgan fingerprint density at radius 3 is 2.94 bits per heavy atom. The zero-order chi connectivity index (χ0) is 22.2. The van der Waals surface area contributed by atoms with Crippen molar-refractivity contribution in [3.05, 3.63) is 51.5 Å². The minimum Gasteiger partial charge on any atom is -0.443 e. The molecule has 2 aromatic carbocycles. The molecule has 1 atom stereocenters. The topological polar surface area (TPSA) is 94.9 Å². The maximum absolute atomic E-state index is 15.2. The number of anilines is 2. The van der Waals surface area contributed by atoms with Crippen LogP contribution in [-0.2, 0) is 14.3 Å². The Hall–Kier alpha value is -2.24. The molecule has 4 rings (SSSR count). The van der Waals surface area contributed by atoms with Crippen molar-refractivity contribution >= 4 is 55.9 Å². The number of rotatable bonds is 6. The zero-order valence-corrected chi connectivity index (χ0v) is 18.8. The van der Waals surface area contributed by atoms with E-state index < -0.39 is 17.5 Å². The van der Waals surface area contributed by atoms with E-state index in [1.807, 2.05) is 0 Å². The molecule has 8 nitrogen and oxygen atoms in total. The highest BCUT2D eigenvalue weighted by Gasteiger charge is 2.33. The molecule has 0 aliphatic carbocycles. The number of ether oxygens (including phenoxy) is 2. The highest BCUT2D eigenvalue weighted by atomic mass is 79.9. The first-order chi connectivity index (χ1) is 14.7. The molecular formula is C20H18BrClFN3O5. The summed E-state index contributed by atoms with van der Waals surface area (Å²) in [5.74, 6) is -2.16. The Bertz CT molecular complexity index is 1140. The summed E-state index contributed by atoms with van der Waals surface area (Å²) in [5.41, 5.74) is 2.63. The molecule has 0 saturated carbocycles. The van der Waals surface area contributed by atoms with Gasteiger partial charge in [0.05, 0.1) is 28.6 Å². The number of fused-ring (bicyclic) bond motifs is 1. The summed E-state index contributed by atoms with van der Waals surface area (Å²) in [4.78, 5) is 21.9. The van der Waals surface area contributed by atoms with Crippen LogP contribution in [0.2, 0.25) is 5.02 Å². The minimum atomic E-state index is -0.760. The summed E-state index contributed by atoms with van der Waals surface area (Å²) in [6, 6.07) is 6.40. The van der Waals surface area contributed by atoms with Crippen molar-refractivity contribution in [1.29, 1.82) is 0 Å². The molecular weight excluding hydrogens is 497 g/mol. The number of hydrogen-bond acceptors (Lipinski definition) is 7. The molecule has 0 spiro atoms. The Kier molecular flexibility index (Phi) is 6.18. The molecule has 1 aliphatic rings. The lowest BCUT2D eigenvalue weighted by Gasteiger charge is -2.17. The van der Waals surface area contributed by atoms with Crippen LogP contribution in [0.4, 0.5) is 15.8 Å². The second-order valence-corrected chi connectivity index (χ2v) is 8.58. The maximum atomic E-state index is 15.2. The van der Waals surface area contributed by atoms with Crippen molar-refractivity contribution in [3.8, 4) is 0 Å². The number of hydrogen-bond donors (Lipinski definition) is 2. The summed E-state index contributed by atoms with van der Waals surface area (Å²) in [6.07, 6.45) is 0.754. The van der Waals surface area contributed by atoms with Crippen molar-refractivity contribution in [3.63, 3.8) is 0 Å². The van der Waals surface area contributed by atoms with E-state index in [4.69, 9.17) is 30.3 Å². The SMILES string of the molecule is CC1(C)OCC(CONC(=O)c2cc3ocnc3c(F)c2Nc2ccc(Br)cc2Cl)O1. The summed E-state index contributed by atoms with van der Waals surface area (Å²) in [6.45, 7) is 3.96. The first-order valence-corrected chi connectivity index (χ1v) is 10.4. The molecule has 164 valence electrons. The van der Waals surface area contributed by atoms with Crippen molar-refractivity contribution in [2.24, 2.45) is 0 Å². The predicted molar refractivity (Wildman–Crippen MR) is 115 cm³/mol. The fourth-order valence-electron chi connectivity index (χ4n) is 3.09. The monoisotopic (exact) mass is 513 g/mol. The van der Waals surface area contributed by atoms with E-state index in [9.17, 15) is 4.79 Å². The molecule has 3 aromatic rings. The van der Waals surface area contributed by atoms with Crippen LogP contribution in [0.1, 0.15) is 24.2 Å². The minimum absolute atomic E-state index is 0.0214. The number of benzene rings is 2. The molecule has 11 heteroatoms. The van der Waals surface area contributed by atoms with Gasteiger partial charge in [0.25, 0.3) is 5.91 Å². The number of nitrogens with one attached hydrogen (secondary N) is 2. The van der Waals surface area contributed by atoms with Gasteiger partial charge in [-0.25, -0.2) is 14.9 Å². The van der Waals surface area contributed by atoms with E-state index in [1.54, 1.807) is 32.0 Å². The third-order valence-corrected chi connectivity index (χ3v) is 5.31. The summed E-state index contributed by atoms with van der Waals surface area (Å²) in [5, 5.41) is 3.20. The standard InChI is InChI=1S/C20H18BrClFN3O5/c1-20(2)29-7-11(31-20)8-30-26-19(27)12-6-15-18(24-9-28-15)16(23)17(12)25-14-4-3-10(21)5-13(14)22/h3-6,9,11,25H,7-8H2,1-2H3,(H,26,27). The number of halogens is 3. The maximum Gasteiger partial charge on any atom is 0.277 e. The van der Waals surface area contributed by atoms with E-state index in [-0.39, 0.29) is 35.1 Å². The van der Waals surface area contributed by atoms with Gasteiger partial charge >= 0.3 is 0 Å². The second kappa shape index (κ2) is 8.71. The van der Waals surface area contributed by atoms with Gasteiger partial charge in [-0.15, -0.1) is 0 Å². The average molecular weight is 515 g/mol. The molecule has 1 aromatic heterocycles. The molecule has 0 bridgehead atoms. The van der Waals surface area contributed by atoms with Crippen molar-refractivity contribution in [2.75, 3.05) is 18.5 Å². The molecule has 1 unspecified atom stereocenters. The number of oxazole rings is 1. The quantitative estimate of drug-likeness (QED) is 0.450. The van der Waals surface area contributed by atoms with Crippen LogP contribution in [0.25, 0.3) is 11.1 Å². The number of nitrogens with zero attached hydrogens (tertiary/aromatic N) is 1. The predicted octanol–water partition coefficient (Wildman–Crippen LogP) is 4.94. The number of hydroxylamine groups is 1. The summed E-state index contributed by atoms with van der Waals surface area (Å²) >= 11 is 9.56. The fourth-order valence-corrected chi connectivity index (χ4v) is 3.81. The first-order valence-electron chi connectivity index (χ1n) is 9.25. The molecule has 1 fully saturated rings. The van der Waals surface area contributed by atoms with Crippen molar-refractivity contribution in [1.82, 2.24) is 10.5 Å². The van der Waals surface area contributed by atoms with Gasteiger partial charge in [-0.05, 0) is 38.1 Å². The molecule has 0 radical (unpaired) electrons. The van der Waals surface area contributed by atoms with E-state index in [2.05, 4.69) is 31.7 Å². The second-order valence-electron chi connectivity index (χ2n) is 7.25. The van der Waals surface area contributed by atoms with Gasteiger partial charge in [0.15, 0.2) is 23.6 Å². The molecule has 1 saturated heterocycles. The van der Waals surface area contributed by atoms with Gasteiger partial charge in [-0.3, -0.25) is 9.63 Å². The van der Waals surface area contributed by atoms with E-state index in [0.717, 1.165) is 10.9 Å². The van der Waals surface area contributed by atoms with E-state index in [1.165, 1.54) is 6.07 Å². The largest absolute Gasteiger partial charge is 0.443 e. The van der Waals surface area contributed by atoms with E-state index in [0.29, 0.717) is 17.3 Å².